The van der Waals surface area contributed by atoms with Gasteiger partial charge in [0.1, 0.15) is 0 Å². The number of hydrogen-bond donors (Lipinski definition) is 0. The third-order valence-electron chi connectivity index (χ3n) is 6.52. The van der Waals surface area contributed by atoms with Crippen molar-refractivity contribution in [3.8, 4) is 12.3 Å². The van der Waals surface area contributed by atoms with E-state index >= 15 is 0 Å². The van der Waals surface area contributed by atoms with Gasteiger partial charge in [0.25, 0.3) is 0 Å². The number of rotatable bonds is 7. The second-order valence-corrected chi connectivity index (χ2v) is 8.16. The van der Waals surface area contributed by atoms with Crippen LogP contribution in [0, 0.1) is 23.7 Å². The van der Waals surface area contributed by atoms with Crippen molar-refractivity contribution in [2.24, 2.45) is 11.3 Å². The second-order valence-electron chi connectivity index (χ2n) is 8.16. The van der Waals surface area contributed by atoms with Crippen LogP contribution >= 0.6 is 0 Å². The number of hydrogen-bond acceptors (Lipinski definition) is 0. The van der Waals surface area contributed by atoms with E-state index in [2.05, 4.69) is 85.7 Å². The standard InChI is InChI=1S/C27H28.2ClH.Zr/c1-3-4-5-6-11-20-27(2,25-18-16-21-12-7-9-14-23(21)25)26-19-17-22-13-8-10-15-24(22)26;;;/h1,7-10,12-19,23,26H,4-6,11,20H2,2H3;2*1H;/q;;;+2/p-2. The fraction of sp³-hybridized carbons (Fsp3) is 0.333. The third-order valence-corrected chi connectivity index (χ3v) is 6.52. The van der Waals surface area contributed by atoms with Crippen LogP contribution in [0.15, 0.2) is 77.9 Å². The second kappa shape index (κ2) is 12.1. The average Bonchev–Trinajstić information content (AvgIpc) is 3.32. The molecule has 1 aromatic rings. The van der Waals surface area contributed by atoms with Crippen LogP contribution < -0.4 is 24.8 Å². The van der Waals surface area contributed by atoms with Gasteiger partial charge in [0.05, 0.1) is 0 Å². The Hall–Kier alpha value is -1.06. The first-order chi connectivity index (χ1) is 13.2. The van der Waals surface area contributed by atoms with Crippen molar-refractivity contribution >= 4 is 6.08 Å². The van der Waals surface area contributed by atoms with Crippen LogP contribution in [0.2, 0.25) is 0 Å². The van der Waals surface area contributed by atoms with Gasteiger partial charge in [-0.1, -0.05) is 98.2 Å². The normalized spacial score (nSPS) is 21.6. The van der Waals surface area contributed by atoms with E-state index in [9.17, 15) is 0 Å². The Bertz CT molecular complexity index is 913. The maximum Gasteiger partial charge on any atom is 2.00 e. The SMILES string of the molecule is C#CCCCCCC(C)(C1=CC=C2C=CC=CC21)C1C=Cc2ccccc21.[Cl-].[Cl-].[Zr+2]. The summed E-state index contributed by atoms with van der Waals surface area (Å²) in [5, 5.41) is 0. The van der Waals surface area contributed by atoms with E-state index in [4.69, 9.17) is 6.42 Å². The van der Waals surface area contributed by atoms with Crippen molar-refractivity contribution in [3.05, 3.63) is 89.1 Å². The summed E-state index contributed by atoms with van der Waals surface area (Å²) in [6.07, 6.45) is 29.6. The molecule has 3 heteroatoms. The molecule has 0 nitrogen and oxygen atoms in total. The van der Waals surface area contributed by atoms with Crippen molar-refractivity contribution in [1.82, 2.24) is 0 Å². The van der Waals surface area contributed by atoms with E-state index in [0.29, 0.717) is 11.8 Å². The van der Waals surface area contributed by atoms with E-state index in [1.807, 2.05) is 0 Å². The minimum atomic E-state index is 0. The Morgan fingerprint density at radius 3 is 2.57 bits per heavy atom. The van der Waals surface area contributed by atoms with Gasteiger partial charge in [-0.15, -0.1) is 12.3 Å². The molecule has 3 unspecified atom stereocenters. The predicted octanol–water partition coefficient (Wildman–Crippen LogP) is 1.00. The predicted molar refractivity (Wildman–Crippen MR) is 116 cm³/mol. The first kappa shape index (κ1) is 27.0. The van der Waals surface area contributed by atoms with E-state index in [0.717, 1.165) is 12.8 Å². The van der Waals surface area contributed by atoms with Gasteiger partial charge >= 0.3 is 26.2 Å². The van der Waals surface area contributed by atoms with Gasteiger partial charge in [-0.05, 0) is 35.0 Å². The molecule has 154 valence electrons. The summed E-state index contributed by atoms with van der Waals surface area (Å²) in [5.74, 6) is 3.66. The number of halogens is 2. The minimum absolute atomic E-state index is 0. The molecule has 3 aliphatic carbocycles. The molecular weight excluding hydrogens is 486 g/mol. The molecule has 0 heterocycles. The molecule has 0 N–H and O–H groups in total. The summed E-state index contributed by atoms with van der Waals surface area (Å²) in [7, 11) is 0. The summed E-state index contributed by atoms with van der Waals surface area (Å²) in [4.78, 5) is 0. The fourth-order valence-corrected chi connectivity index (χ4v) is 5.01. The molecule has 4 rings (SSSR count). The molecule has 0 saturated heterocycles. The summed E-state index contributed by atoms with van der Waals surface area (Å²) in [6.45, 7) is 2.49. The van der Waals surface area contributed by atoms with Crippen LogP contribution in [0.1, 0.15) is 56.1 Å². The molecule has 1 aromatic carbocycles. The zero-order valence-corrected chi connectivity index (χ0v) is 21.4. The van der Waals surface area contributed by atoms with E-state index < -0.39 is 0 Å². The maximum atomic E-state index is 5.43. The third kappa shape index (κ3) is 5.22. The molecule has 0 amide bonds. The van der Waals surface area contributed by atoms with Crippen LogP contribution in [0.5, 0.6) is 0 Å². The first-order valence-electron chi connectivity index (χ1n) is 10.2. The molecule has 0 aliphatic heterocycles. The number of fused-ring (bicyclic) bond motifs is 2. The smallest absolute Gasteiger partial charge is 1.00 e. The Morgan fingerprint density at radius 1 is 0.967 bits per heavy atom. The van der Waals surface area contributed by atoms with Gasteiger partial charge in [0.2, 0.25) is 0 Å². The van der Waals surface area contributed by atoms with Gasteiger partial charge in [-0.25, -0.2) is 0 Å². The van der Waals surface area contributed by atoms with Crippen molar-refractivity contribution in [2.75, 3.05) is 0 Å². The number of terminal acetylenes is 1. The number of allylic oxidation sites excluding steroid dienone is 9. The Balaban J connectivity index is 0.00000150. The zero-order valence-electron chi connectivity index (χ0n) is 17.5. The molecule has 0 spiro atoms. The number of unbranched alkanes of at least 4 members (excludes halogenated alkanes) is 3. The Labute approximate surface area is 213 Å². The first-order valence-corrected chi connectivity index (χ1v) is 10.2. The van der Waals surface area contributed by atoms with Crippen LogP contribution in [0.25, 0.3) is 6.08 Å². The quantitative estimate of drug-likeness (QED) is 0.376. The summed E-state index contributed by atoms with van der Waals surface area (Å²) >= 11 is 0. The summed E-state index contributed by atoms with van der Waals surface area (Å²) in [6, 6.07) is 8.89. The summed E-state index contributed by atoms with van der Waals surface area (Å²) in [5.41, 5.74) is 5.99. The van der Waals surface area contributed by atoms with Gasteiger partial charge in [0, 0.05) is 18.3 Å². The summed E-state index contributed by atoms with van der Waals surface area (Å²) < 4.78 is 0. The van der Waals surface area contributed by atoms with Crippen molar-refractivity contribution in [1.29, 1.82) is 0 Å². The molecule has 3 aliphatic rings. The molecule has 3 atom stereocenters. The van der Waals surface area contributed by atoms with Gasteiger partial charge in [-0.2, -0.15) is 0 Å². The molecule has 0 bridgehead atoms. The zero-order chi connectivity index (χ0) is 18.7. The van der Waals surface area contributed by atoms with E-state index in [1.54, 1.807) is 5.57 Å². The van der Waals surface area contributed by atoms with Gasteiger partial charge < -0.3 is 24.8 Å². The Kier molecular flexibility index (Phi) is 10.9. The monoisotopic (exact) mass is 512 g/mol. The van der Waals surface area contributed by atoms with Gasteiger partial charge in [-0.3, -0.25) is 0 Å². The van der Waals surface area contributed by atoms with Gasteiger partial charge in [0.15, 0.2) is 0 Å². The molecule has 0 fully saturated rings. The van der Waals surface area contributed by atoms with Crippen LogP contribution in [-0.2, 0) is 26.2 Å². The van der Waals surface area contributed by atoms with E-state index in [-0.39, 0.29) is 56.4 Å². The van der Waals surface area contributed by atoms with Crippen molar-refractivity contribution < 1.29 is 51.0 Å². The molecule has 0 aromatic heterocycles. The Morgan fingerprint density at radius 2 is 1.77 bits per heavy atom. The van der Waals surface area contributed by atoms with Crippen molar-refractivity contribution in [3.63, 3.8) is 0 Å². The fourth-order valence-electron chi connectivity index (χ4n) is 5.01. The topological polar surface area (TPSA) is 0 Å². The van der Waals surface area contributed by atoms with Crippen LogP contribution in [-0.4, -0.2) is 0 Å². The molecule has 0 radical (unpaired) electrons. The maximum absolute atomic E-state index is 5.43. The largest absolute Gasteiger partial charge is 2.00 e. The minimum Gasteiger partial charge on any atom is -1.00 e. The molecule has 0 saturated carbocycles. The van der Waals surface area contributed by atoms with Crippen LogP contribution in [0.4, 0.5) is 0 Å². The van der Waals surface area contributed by atoms with E-state index in [1.165, 1.54) is 36.0 Å². The average molecular weight is 515 g/mol. The molecule has 30 heavy (non-hydrogen) atoms. The number of benzene rings is 1. The van der Waals surface area contributed by atoms with Crippen LogP contribution in [0.3, 0.4) is 0 Å². The molecular formula is C27H28Cl2Zr. The van der Waals surface area contributed by atoms with Crippen molar-refractivity contribution in [2.45, 2.75) is 44.9 Å².